The van der Waals surface area contributed by atoms with Gasteiger partial charge in [-0.15, -0.1) is 0 Å². The lowest BCUT2D eigenvalue weighted by Gasteiger charge is -2.35. The standard InChI is InChI=1S/C23H27N3/c1-5-18-10-8-13-20(16-18)25(4)23(24)26(17(2)3)22-15-9-12-19-11-6-7-14-21(19)22/h6-17,24H,5H2,1-4H3. The van der Waals surface area contributed by atoms with Crippen LogP contribution in [0.1, 0.15) is 26.3 Å². The minimum atomic E-state index is 0.171. The first-order valence-corrected chi connectivity index (χ1v) is 9.21. The number of hydrogen-bond acceptors (Lipinski definition) is 1. The third-order valence-corrected chi connectivity index (χ3v) is 4.79. The molecule has 0 aliphatic heterocycles. The summed E-state index contributed by atoms with van der Waals surface area (Å²) in [5.41, 5.74) is 3.39. The first kappa shape index (κ1) is 18.0. The van der Waals surface area contributed by atoms with E-state index >= 15 is 0 Å². The second-order valence-electron chi connectivity index (χ2n) is 6.87. The predicted octanol–water partition coefficient (Wildman–Crippen LogP) is 5.69. The molecule has 0 aliphatic carbocycles. The van der Waals surface area contributed by atoms with E-state index in [2.05, 4.69) is 92.4 Å². The van der Waals surface area contributed by atoms with Crippen molar-refractivity contribution in [3.63, 3.8) is 0 Å². The van der Waals surface area contributed by atoms with Crippen LogP contribution in [-0.4, -0.2) is 19.0 Å². The Hall–Kier alpha value is -2.81. The maximum atomic E-state index is 8.91. The molecule has 0 atom stereocenters. The van der Waals surface area contributed by atoms with Crippen LogP contribution >= 0.6 is 0 Å². The fraction of sp³-hybridized carbons (Fsp3) is 0.261. The molecule has 0 saturated heterocycles. The van der Waals surface area contributed by atoms with Crippen molar-refractivity contribution in [3.05, 3.63) is 72.3 Å². The summed E-state index contributed by atoms with van der Waals surface area (Å²) in [6.07, 6.45) is 0.992. The molecule has 0 fully saturated rings. The summed E-state index contributed by atoms with van der Waals surface area (Å²) in [6.45, 7) is 6.42. The Labute approximate surface area is 156 Å². The van der Waals surface area contributed by atoms with Crippen LogP contribution in [0.25, 0.3) is 10.8 Å². The van der Waals surface area contributed by atoms with Crippen molar-refractivity contribution in [1.82, 2.24) is 0 Å². The molecular formula is C23H27N3. The minimum Gasteiger partial charge on any atom is -0.316 e. The van der Waals surface area contributed by atoms with Gasteiger partial charge in [0.15, 0.2) is 0 Å². The summed E-state index contributed by atoms with van der Waals surface area (Å²) in [4.78, 5) is 4.06. The number of nitrogens with zero attached hydrogens (tertiary/aromatic N) is 2. The topological polar surface area (TPSA) is 30.3 Å². The van der Waals surface area contributed by atoms with Gasteiger partial charge in [-0.05, 0) is 49.4 Å². The van der Waals surface area contributed by atoms with Gasteiger partial charge in [0, 0.05) is 24.2 Å². The number of guanidine groups is 1. The van der Waals surface area contributed by atoms with E-state index in [4.69, 9.17) is 5.41 Å². The predicted molar refractivity (Wildman–Crippen MR) is 114 cm³/mol. The first-order chi connectivity index (χ1) is 12.5. The molecule has 0 unspecified atom stereocenters. The van der Waals surface area contributed by atoms with E-state index < -0.39 is 0 Å². The van der Waals surface area contributed by atoms with Crippen molar-refractivity contribution in [3.8, 4) is 0 Å². The van der Waals surface area contributed by atoms with Crippen LogP contribution in [0, 0.1) is 5.41 Å². The summed E-state index contributed by atoms with van der Waals surface area (Å²) in [5.74, 6) is 0.476. The van der Waals surface area contributed by atoms with Gasteiger partial charge in [0.1, 0.15) is 0 Å². The molecule has 0 aliphatic rings. The summed E-state index contributed by atoms with van der Waals surface area (Å²) < 4.78 is 0. The number of fused-ring (bicyclic) bond motifs is 1. The second kappa shape index (κ2) is 7.61. The maximum absolute atomic E-state index is 8.91. The highest BCUT2D eigenvalue weighted by Gasteiger charge is 2.22. The Morgan fingerprint density at radius 2 is 1.65 bits per heavy atom. The van der Waals surface area contributed by atoms with Gasteiger partial charge in [0.05, 0.1) is 5.69 Å². The molecule has 1 N–H and O–H groups in total. The Bertz CT molecular complexity index is 909. The number of rotatable bonds is 4. The minimum absolute atomic E-state index is 0.171. The third-order valence-electron chi connectivity index (χ3n) is 4.79. The molecule has 0 radical (unpaired) electrons. The quantitative estimate of drug-likeness (QED) is 0.486. The molecule has 134 valence electrons. The second-order valence-corrected chi connectivity index (χ2v) is 6.87. The maximum Gasteiger partial charge on any atom is 0.202 e. The Kier molecular flexibility index (Phi) is 5.27. The molecule has 3 rings (SSSR count). The van der Waals surface area contributed by atoms with Gasteiger partial charge in [0.2, 0.25) is 5.96 Å². The first-order valence-electron chi connectivity index (χ1n) is 9.21. The van der Waals surface area contributed by atoms with Crippen LogP contribution < -0.4 is 9.80 Å². The Morgan fingerprint density at radius 1 is 0.962 bits per heavy atom. The molecule has 0 bridgehead atoms. The van der Waals surface area contributed by atoms with Crippen LogP contribution in [-0.2, 0) is 6.42 Å². The van der Waals surface area contributed by atoms with Gasteiger partial charge in [-0.1, -0.05) is 55.5 Å². The van der Waals surface area contributed by atoms with Crippen LogP contribution in [0.4, 0.5) is 11.4 Å². The molecule has 26 heavy (non-hydrogen) atoms. The van der Waals surface area contributed by atoms with E-state index in [9.17, 15) is 0 Å². The molecule has 0 aromatic heterocycles. The van der Waals surface area contributed by atoms with Crippen LogP contribution in [0.15, 0.2) is 66.7 Å². The van der Waals surface area contributed by atoms with Crippen molar-refractivity contribution in [1.29, 1.82) is 5.41 Å². The Morgan fingerprint density at radius 3 is 2.38 bits per heavy atom. The number of anilines is 2. The summed E-state index contributed by atoms with van der Waals surface area (Å²) in [6, 6.07) is 23.3. The van der Waals surface area contributed by atoms with Gasteiger partial charge in [0.25, 0.3) is 0 Å². The van der Waals surface area contributed by atoms with Crippen molar-refractivity contribution in [2.24, 2.45) is 0 Å². The summed E-state index contributed by atoms with van der Waals surface area (Å²) in [5, 5.41) is 11.3. The average Bonchev–Trinajstić information content (AvgIpc) is 2.67. The molecule has 3 aromatic rings. The number of benzene rings is 3. The van der Waals surface area contributed by atoms with E-state index in [-0.39, 0.29) is 6.04 Å². The van der Waals surface area contributed by atoms with Gasteiger partial charge in [-0.25, -0.2) is 0 Å². The largest absolute Gasteiger partial charge is 0.316 e. The number of nitrogens with one attached hydrogen (secondary N) is 1. The van der Waals surface area contributed by atoms with E-state index in [1.54, 1.807) is 0 Å². The van der Waals surface area contributed by atoms with Gasteiger partial charge in [-0.2, -0.15) is 0 Å². The van der Waals surface area contributed by atoms with Gasteiger partial charge in [-0.3, -0.25) is 5.41 Å². The van der Waals surface area contributed by atoms with Crippen LogP contribution in [0.3, 0.4) is 0 Å². The zero-order valence-electron chi connectivity index (χ0n) is 16.0. The normalized spacial score (nSPS) is 11.0. The van der Waals surface area contributed by atoms with Gasteiger partial charge >= 0.3 is 0 Å². The zero-order valence-corrected chi connectivity index (χ0v) is 16.0. The smallest absolute Gasteiger partial charge is 0.202 e. The zero-order chi connectivity index (χ0) is 18.7. The lowest BCUT2D eigenvalue weighted by atomic mass is 10.1. The molecular weight excluding hydrogens is 318 g/mol. The monoisotopic (exact) mass is 345 g/mol. The molecule has 0 saturated carbocycles. The highest BCUT2D eigenvalue weighted by Crippen LogP contribution is 2.29. The molecule has 3 heteroatoms. The fourth-order valence-electron chi connectivity index (χ4n) is 3.32. The lowest BCUT2D eigenvalue weighted by Crippen LogP contribution is -2.46. The molecule has 0 spiro atoms. The fourth-order valence-corrected chi connectivity index (χ4v) is 3.32. The van der Waals surface area contributed by atoms with Crippen LogP contribution in [0.2, 0.25) is 0 Å². The van der Waals surface area contributed by atoms with E-state index in [0.717, 1.165) is 17.8 Å². The lowest BCUT2D eigenvalue weighted by molar-refractivity contribution is 0.796. The van der Waals surface area contributed by atoms with Crippen molar-refractivity contribution < 1.29 is 0 Å². The van der Waals surface area contributed by atoms with Crippen molar-refractivity contribution in [2.45, 2.75) is 33.2 Å². The van der Waals surface area contributed by atoms with Crippen molar-refractivity contribution >= 4 is 28.1 Å². The Balaban J connectivity index is 2.03. The number of hydrogen-bond donors (Lipinski definition) is 1. The third kappa shape index (κ3) is 3.43. The molecule has 3 aromatic carbocycles. The molecule has 0 amide bonds. The van der Waals surface area contributed by atoms with E-state index in [0.29, 0.717) is 5.96 Å². The summed E-state index contributed by atoms with van der Waals surface area (Å²) in [7, 11) is 1.97. The summed E-state index contributed by atoms with van der Waals surface area (Å²) >= 11 is 0. The van der Waals surface area contributed by atoms with E-state index in [1.807, 2.05) is 11.9 Å². The van der Waals surface area contributed by atoms with Gasteiger partial charge < -0.3 is 9.80 Å². The van der Waals surface area contributed by atoms with E-state index in [1.165, 1.54) is 16.3 Å². The number of aryl methyl sites for hydroxylation is 1. The molecule has 3 nitrogen and oxygen atoms in total. The van der Waals surface area contributed by atoms with Crippen molar-refractivity contribution in [2.75, 3.05) is 16.8 Å². The van der Waals surface area contributed by atoms with Crippen LogP contribution in [0.5, 0.6) is 0 Å². The SMILES string of the molecule is CCc1cccc(N(C)C(=N)N(c2cccc3ccccc23)C(C)C)c1. The average molecular weight is 345 g/mol. The highest BCUT2D eigenvalue weighted by atomic mass is 15.4. The highest BCUT2D eigenvalue weighted by molar-refractivity contribution is 6.10. The molecule has 0 heterocycles.